The maximum absolute atomic E-state index is 12.2. The van der Waals surface area contributed by atoms with Crippen molar-refractivity contribution < 1.29 is 9.21 Å². The van der Waals surface area contributed by atoms with Crippen LogP contribution in [-0.4, -0.2) is 36.1 Å². The van der Waals surface area contributed by atoms with E-state index in [0.29, 0.717) is 17.1 Å². The van der Waals surface area contributed by atoms with Crippen molar-refractivity contribution in [3.63, 3.8) is 0 Å². The fourth-order valence-corrected chi connectivity index (χ4v) is 2.26. The molecule has 0 radical (unpaired) electrons. The van der Waals surface area contributed by atoms with Crippen molar-refractivity contribution >= 4 is 5.91 Å². The van der Waals surface area contributed by atoms with E-state index in [4.69, 9.17) is 4.42 Å². The number of amides is 1. The van der Waals surface area contributed by atoms with Crippen molar-refractivity contribution in [2.45, 2.75) is 6.54 Å². The van der Waals surface area contributed by atoms with Crippen molar-refractivity contribution in [1.29, 1.82) is 0 Å². The van der Waals surface area contributed by atoms with Gasteiger partial charge in [-0.2, -0.15) is 5.10 Å². The Labute approximate surface area is 141 Å². The number of nitrogens with one attached hydrogen (secondary N) is 2. The molecule has 0 atom stereocenters. The van der Waals surface area contributed by atoms with Crippen LogP contribution in [0.4, 0.5) is 0 Å². The van der Waals surface area contributed by atoms with Gasteiger partial charge >= 0.3 is 0 Å². The Morgan fingerprint density at radius 1 is 1.28 bits per heavy atom. The number of pyridine rings is 1. The number of aromatic nitrogens is 6. The Balaban J connectivity index is 1.40. The number of hydrogen-bond donors (Lipinski definition) is 2. The van der Waals surface area contributed by atoms with Crippen molar-refractivity contribution in [3.8, 4) is 17.1 Å². The molecular formula is C16H13N7O2. The largest absolute Gasteiger partial charge is 0.463 e. The number of carbonyl (C=O) groups is 1. The van der Waals surface area contributed by atoms with Gasteiger partial charge in [-0.15, -0.1) is 5.10 Å². The summed E-state index contributed by atoms with van der Waals surface area (Å²) in [6.45, 7) is 0.243. The van der Waals surface area contributed by atoms with Crippen molar-refractivity contribution in [1.82, 2.24) is 35.5 Å². The van der Waals surface area contributed by atoms with E-state index in [0.717, 1.165) is 5.69 Å². The molecule has 0 aliphatic rings. The highest BCUT2D eigenvalue weighted by Gasteiger charge is 2.13. The van der Waals surface area contributed by atoms with Crippen LogP contribution < -0.4 is 5.32 Å². The first-order valence-corrected chi connectivity index (χ1v) is 7.49. The molecule has 0 aliphatic heterocycles. The predicted octanol–water partition coefficient (Wildman–Crippen LogP) is 1.58. The van der Waals surface area contributed by atoms with E-state index in [1.165, 1.54) is 0 Å². The van der Waals surface area contributed by atoms with Gasteiger partial charge in [-0.25, -0.2) is 4.68 Å². The molecule has 1 amide bonds. The molecule has 0 aromatic carbocycles. The number of carbonyl (C=O) groups excluding carboxylic acids is 1. The van der Waals surface area contributed by atoms with Crippen LogP contribution in [0.5, 0.6) is 0 Å². The maximum atomic E-state index is 12.2. The summed E-state index contributed by atoms with van der Waals surface area (Å²) < 4.78 is 6.88. The quantitative estimate of drug-likeness (QED) is 0.572. The SMILES string of the molecule is O=C(NCc1cn(-c2ccncc2)nn1)c1cc(-c2ccco2)[nH]n1. The zero-order valence-corrected chi connectivity index (χ0v) is 13.0. The molecule has 25 heavy (non-hydrogen) atoms. The van der Waals surface area contributed by atoms with Gasteiger partial charge in [0.05, 0.1) is 24.7 Å². The van der Waals surface area contributed by atoms with Crippen molar-refractivity contribution in [2.24, 2.45) is 0 Å². The van der Waals surface area contributed by atoms with E-state index >= 15 is 0 Å². The molecule has 124 valence electrons. The summed E-state index contributed by atoms with van der Waals surface area (Å²) in [7, 11) is 0. The number of furan rings is 1. The normalized spacial score (nSPS) is 10.7. The molecule has 0 saturated carbocycles. The molecule has 4 aromatic rings. The van der Waals surface area contributed by atoms with Gasteiger partial charge in [0.2, 0.25) is 0 Å². The minimum atomic E-state index is -0.312. The van der Waals surface area contributed by atoms with E-state index in [1.54, 1.807) is 47.7 Å². The van der Waals surface area contributed by atoms with Gasteiger partial charge in [0.1, 0.15) is 11.4 Å². The fourth-order valence-electron chi connectivity index (χ4n) is 2.26. The third-order valence-corrected chi connectivity index (χ3v) is 3.50. The molecule has 0 aliphatic carbocycles. The molecule has 4 heterocycles. The fraction of sp³-hybridized carbons (Fsp3) is 0.0625. The molecule has 9 nitrogen and oxygen atoms in total. The minimum absolute atomic E-state index is 0.243. The van der Waals surface area contributed by atoms with Gasteiger partial charge < -0.3 is 9.73 Å². The zero-order valence-electron chi connectivity index (χ0n) is 13.0. The lowest BCUT2D eigenvalue weighted by Gasteiger charge is -1.99. The van der Waals surface area contributed by atoms with Gasteiger partial charge in [-0.3, -0.25) is 14.9 Å². The summed E-state index contributed by atoms with van der Waals surface area (Å²) >= 11 is 0. The van der Waals surface area contributed by atoms with Crippen molar-refractivity contribution in [2.75, 3.05) is 0 Å². The first kappa shape index (κ1) is 14.8. The first-order valence-electron chi connectivity index (χ1n) is 7.49. The highest BCUT2D eigenvalue weighted by Crippen LogP contribution is 2.17. The molecule has 0 bridgehead atoms. The van der Waals surface area contributed by atoms with E-state index in [1.807, 2.05) is 12.1 Å². The summed E-state index contributed by atoms with van der Waals surface area (Å²) in [6.07, 6.45) is 6.65. The number of nitrogens with zero attached hydrogens (tertiary/aromatic N) is 5. The number of H-pyrrole nitrogens is 1. The lowest BCUT2D eigenvalue weighted by molar-refractivity contribution is 0.0945. The second kappa shape index (κ2) is 6.40. The van der Waals surface area contributed by atoms with Crippen LogP contribution in [0.2, 0.25) is 0 Å². The lowest BCUT2D eigenvalue weighted by Crippen LogP contribution is -2.23. The Kier molecular flexibility index (Phi) is 3.79. The van der Waals surface area contributed by atoms with E-state index in [-0.39, 0.29) is 18.1 Å². The first-order chi connectivity index (χ1) is 12.3. The average molecular weight is 335 g/mol. The molecule has 2 N–H and O–H groups in total. The monoisotopic (exact) mass is 335 g/mol. The highest BCUT2D eigenvalue weighted by molar-refractivity contribution is 5.93. The van der Waals surface area contributed by atoms with E-state index in [2.05, 4.69) is 30.8 Å². The van der Waals surface area contributed by atoms with Gasteiger partial charge in [-0.1, -0.05) is 5.21 Å². The Morgan fingerprint density at radius 3 is 2.96 bits per heavy atom. The predicted molar refractivity (Wildman–Crippen MR) is 86.6 cm³/mol. The number of hydrogen-bond acceptors (Lipinski definition) is 6. The third-order valence-electron chi connectivity index (χ3n) is 3.50. The zero-order chi connectivity index (χ0) is 17.1. The minimum Gasteiger partial charge on any atom is -0.463 e. The van der Waals surface area contributed by atoms with Crippen LogP contribution in [0.15, 0.2) is 59.6 Å². The molecule has 9 heteroatoms. The van der Waals surface area contributed by atoms with Crippen LogP contribution in [0.25, 0.3) is 17.1 Å². The highest BCUT2D eigenvalue weighted by atomic mass is 16.3. The van der Waals surface area contributed by atoms with Crippen LogP contribution in [-0.2, 0) is 6.54 Å². The smallest absolute Gasteiger partial charge is 0.272 e. The summed E-state index contributed by atoms with van der Waals surface area (Å²) in [5.74, 6) is 0.305. The second-order valence-electron chi connectivity index (χ2n) is 5.19. The molecule has 0 fully saturated rings. The summed E-state index contributed by atoms with van der Waals surface area (Å²) in [4.78, 5) is 16.1. The Morgan fingerprint density at radius 2 is 2.16 bits per heavy atom. The molecule has 4 aromatic heterocycles. The summed E-state index contributed by atoms with van der Waals surface area (Å²) in [6, 6.07) is 8.81. The van der Waals surface area contributed by atoms with E-state index in [9.17, 15) is 4.79 Å². The summed E-state index contributed by atoms with van der Waals surface area (Å²) in [5, 5.41) is 17.6. The average Bonchev–Trinajstić information content (AvgIpc) is 3.41. The van der Waals surface area contributed by atoms with E-state index < -0.39 is 0 Å². The Hall–Kier alpha value is -3.75. The molecule has 4 rings (SSSR count). The van der Waals surface area contributed by atoms with Gasteiger partial charge in [0.15, 0.2) is 11.5 Å². The Bertz CT molecular complexity index is 973. The third kappa shape index (κ3) is 3.15. The molecule has 0 saturated heterocycles. The lowest BCUT2D eigenvalue weighted by atomic mass is 10.3. The van der Waals surface area contributed by atoms with Gasteiger partial charge in [0, 0.05) is 18.5 Å². The van der Waals surface area contributed by atoms with Crippen LogP contribution in [0.1, 0.15) is 16.2 Å². The van der Waals surface area contributed by atoms with Crippen molar-refractivity contribution in [3.05, 3.63) is 66.6 Å². The van der Waals surface area contributed by atoms with Gasteiger partial charge in [0.25, 0.3) is 5.91 Å². The topological polar surface area (TPSA) is 115 Å². The second-order valence-corrected chi connectivity index (χ2v) is 5.19. The summed E-state index contributed by atoms with van der Waals surface area (Å²) in [5.41, 5.74) is 2.38. The molecular weight excluding hydrogens is 322 g/mol. The standard InChI is InChI=1S/C16H13N7O2/c24-16(14-8-13(20-21-14)15-2-1-7-25-15)18-9-11-10-23(22-19-11)12-3-5-17-6-4-12/h1-8,10H,9H2,(H,18,24)(H,20,21). The molecule has 0 spiro atoms. The van der Waals surface area contributed by atoms with Gasteiger partial charge in [-0.05, 0) is 24.3 Å². The molecule has 0 unspecified atom stereocenters. The van der Waals surface area contributed by atoms with Crippen LogP contribution >= 0.6 is 0 Å². The van der Waals surface area contributed by atoms with Crippen LogP contribution in [0.3, 0.4) is 0 Å². The number of aromatic amines is 1. The van der Waals surface area contributed by atoms with Crippen LogP contribution in [0, 0.1) is 0 Å². The maximum Gasteiger partial charge on any atom is 0.272 e. The number of rotatable bonds is 5.